The standard InChI is InChI=1S/C23H47S/c1-10-22(5,6)19-23(7,8)18-21(20(3)4)16-14-12-13-15-17-24(9)11-2/h11,17,20-21H,10,12-16,18-19H2,1-9H3/q-1. The third kappa shape index (κ3) is 11.6. The summed E-state index contributed by atoms with van der Waals surface area (Å²) in [7, 11) is 0.427. The maximum atomic E-state index is 2.50. The lowest BCUT2D eigenvalue weighted by Crippen LogP contribution is -2.26. The minimum absolute atomic E-state index is 0.427. The van der Waals surface area contributed by atoms with Crippen molar-refractivity contribution in [3.63, 3.8) is 0 Å². The Balaban J connectivity index is 4.36. The third-order valence-corrected chi connectivity index (χ3v) is 7.21. The summed E-state index contributed by atoms with van der Waals surface area (Å²) < 4.78 is 0. The highest BCUT2D eigenvalue weighted by Gasteiger charge is 2.30. The molecule has 1 atom stereocenters. The van der Waals surface area contributed by atoms with Crippen LogP contribution in [-0.4, -0.2) is 17.0 Å². The Morgan fingerprint density at radius 2 is 1.58 bits per heavy atom. The van der Waals surface area contributed by atoms with Gasteiger partial charge in [-0.1, -0.05) is 93.9 Å². The van der Waals surface area contributed by atoms with E-state index in [1.165, 1.54) is 51.4 Å². The Hall–Kier alpha value is 0.0900. The summed E-state index contributed by atoms with van der Waals surface area (Å²) >= 11 is 0. The molecule has 1 unspecified atom stereocenters. The molecule has 0 radical (unpaired) electrons. The average molecular weight is 356 g/mol. The van der Waals surface area contributed by atoms with E-state index in [-0.39, 0.29) is 0 Å². The van der Waals surface area contributed by atoms with Crippen molar-refractivity contribution in [3.05, 3.63) is 0 Å². The van der Waals surface area contributed by atoms with Gasteiger partial charge < -0.3 is 10.1 Å². The van der Waals surface area contributed by atoms with Crippen molar-refractivity contribution in [3.8, 4) is 0 Å². The van der Waals surface area contributed by atoms with Crippen LogP contribution in [0.15, 0.2) is 0 Å². The van der Waals surface area contributed by atoms with Gasteiger partial charge in [-0.15, -0.1) is 6.26 Å². The van der Waals surface area contributed by atoms with Crippen LogP contribution >= 0.6 is 0 Å². The monoisotopic (exact) mass is 355 g/mol. The number of unbranched alkanes of at least 4 members (excludes halogenated alkanes) is 3. The Bertz CT molecular complexity index is 406. The molecule has 0 saturated heterocycles. The number of hydrogen-bond acceptors (Lipinski definition) is 1. The van der Waals surface area contributed by atoms with E-state index in [1.54, 1.807) is 0 Å². The molecule has 0 amide bonds. The normalized spacial score (nSPS) is 16.1. The van der Waals surface area contributed by atoms with E-state index in [4.69, 9.17) is 0 Å². The SMILES string of the molecule is CC=[S-](C)=CCCCCCC(CC(C)(C)CC(C)(C)CC)C(C)C. The molecule has 0 saturated carbocycles. The highest BCUT2D eigenvalue weighted by molar-refractivity contribution is 7.93. The van der Waals surface area contributed by atoms with Crippen molar-refractivity contribution in [2.45, 2.75) is 107 Å². The molecule has 0 nitrogen and oxygen atoms in total. The van der Waals surface area contributed by atoms with Gasteiger partial charge >= 0.3 is 0 Å². The highest BCUT2D eigenvalue weighted by Crippen LogP contribution is 2.42. The van der Waals surface area contributed by atoms with Gasteiger partial charge in [-0.05, 0) is 35.5 Å². The maximum absolute atomic E-state index is 2.50. The lowest BCUT2D eigenvalue weighted by Gasteiger charge is -2.38. The molecule has 0 rings (SSSR count). The van der Waals surface area contributed by atoms with E-state index in [9.17, 15) is 0 Å². The van der Waals surface area contributed by atoms with Crippen molar-refractivity contribution in [1.29, 1.82) is 0 Å². The fourth-order valence-corrected chi connectivity index (χ4v) is 4.70. The molecule has 0 fully saturated rings. The third-order valence-electron chi connectivity index (χ3n) is 5.70. The molecule has 0 aliphatic rings. The highest BCUT2D eigenvalue weighted by atomic mass is 32.2. The van der Waals surface area contributed by atoms with Crippen LogP contribution in [0.2, 0.25) is 0 Å². The summed E-state index contributed by atoms with van der Waals surface area (Å²) in [5, 5.41) is 4.81. The lowest BCUT2D eigenvalue weighted by molar-refractivity contribution is 0.133. The minimum Gasteiger partial charge on any atom is -0.482 e. The molecular weight excluding hydrogens is 308 g/mol. The maximum Gasteiger partial charge on any atom is -0.0346 e. The minimum atomic E-state index is 0.427. The molecule has 0 aliphatic carbocycles. The molecule has 24 heavy (non-hydrogen) atoms. The van der Waals surface area contributed by atoms with Crippen molar-refractivity contribution in [1.82, 2.24) is 0 Å². The first-order valence-corrected chi connectivity index (χ1v) is 12.1. The zero-order valence-corrected chi connectivity index (χ0v) is 19.2. The zero-order valence-electron chi connectivity index (χ0n) is 18.4. The molecular formula is C23H47S-. The van der Waals surface area contributed by atoms with E-state index in [0.29, 0.717) is 20.9 Å². The quantitative estimate of drug-likeness (QED) is 0.195. The van der Waals surface area contributed by atoms with Gasteiger partial charge in [0.2, 0.25) is 0 Å². The summed E-state index contributed by atoms with van der Waals surface area (Å²) in [5.74, 6) is 1.71. The Morgan fingerprint density at radius 3 is 2.08 bits per heavy atom. The van der Waals surface area contributed by atoms with Gasteiger partial charge in [0.05, 0.1) is 0 Å². The van der Waals surface area contributed by atoms with Crippen LogP contribution in [-0.2, 0) is 10.1 Å². The lowest BCUT2D eigenvalue weighted by atomic mass is 9.68. The molecule has 146 valence electrons. The fraction of sp³-hybridized carbons (Fsp3) is 0.913. The van der Waals surface area contributed by atoms with E-state index in [1.807, 2.05) is 0 Å². The Kier molecular flexibility index (Phi) is 11.7. The first-order chi connectivity index (χ1) is 11.0. The molecule has 0 aliphatic heterocycles. The van der Waals surface area contributed by atoms with Gasteiger partial charge in [-0.25, -0.2) is 10.7 Å². The number of rotatable bonds is 12. The second-order valence-electron chi connectivity index (χ2n) is 9.71. The molecule has 0 heterocycles. The van der Waals surface area contributed by atoms with Crippen LogP contribution in [0.5, 0.6) is 0 Å². The predicted octanol–water partition coefficient (Wildman–Crippen LogP) is 7.32. The summed E-state index contributed by atoms with van der Waals surface area (Å²) in [6, 6.07) is 0. The second-order valence-corrected chi connectivity index (χ2v) is 11.7. The van der Waals surface area contributed by atoms with Gasteiger partial charge in [0.15, 0.2) is 0 Å². The summed E-state index contributed by atoms with van der Waals surface area (Å²) in [5.41, 5.74) is 0.949. The van der Waals surface area contributed by atoms with Gasteiger partial charge in [0, 0.05) is 0 Å². The molecule has 0 aromatic rings. The van der Waals surface area contributed by atoms with E-state index in [2.05, 4.69) is 72.4 Å². The second kappa shape index (κ2) is 11.7. The Labute approximate surface area is 156 Å². The topological polar surface area (TPSA) is 0 Å². The largest absolute Gasteiger partial charge is 0.482 e. The number of hydrogen-bond donors (Lipinski definition) is 0. The Morgan fingerprint density at radius 1 is 0.958 bits per heavy atom. The van der Waals surface area contributed by atoms with Crippen molar-refractivity contribution in [2.75, 3.05) is 6.26 Å². The molecule has 0 spiro atoms. The van der Waals surface area contributed by atoms with Crippen LogP contribution in [0.4, 0.5) is 0 Å². The summed E-state index contributed by atoms with van der Waals surface area (Å²) in [6.07, 6.45) is 13.3. The molecule has 0 aromatic carbocycles. The predicted molar refractivity (Wildman–Crippen MR) is 120 cm³/mol. The average Bonchev–Trinajstić information content (AvgIpc) is 2.47. The van der Waals surface area contributed by atoms with Gasteiger partial charge in [-0.3, -0.25) is 0 Å². The van der Waals surface area contributed by atoms with Crippen molar-refractivity contribution < 1.29 is 0 Å². The smallest absolute Gasteiger partial charge is 0.0346 e. The summed E-state index contributed by atoms with van der Waals surface area (Å²) in [6.45, 7) is 19.2. The molecule has 0 N–H and O–H groups in total. The van der Waals surface area contributed by atoms with Crippen molar-refractivity contribution >= 4 is 20.8 Å². The molecule has 1 heteroatoms. The first-order valence-electron chi connectivity index (χ1n) is 10.3. The summed E-state index contributed by atoms with van der Waals surface area (Å²) in [4.78, 5) is 0. The van der Waals surface area contributed by atoms with E-state index >= 15 is 0 Å². The molecule has 0 aromatic heterocycles. The fourth-order valence-electron chi connectivity index (χ4n) is 3.97. The van der Waals surface area contributed by atoms with Crippen LogP contribution in [0.3, 0.4) is 0 Å². The van der Waals surface area contributed by atoms with E-state index in [0.717, 1.165) is 11.8 Å². The van der Waals surface area contributed by atoms with Crippen molar-refractivity contribution in [2.24, 2.45) is 22.7 Å². The van der Waals surface area contributed by atoms with Crippen LogP contribution in [0.1, 0.15) is 107 Å². The zero-order chi connectivity index (χ0) is 18.8. The first kappa shape index (κ1) is 24.1. The van der Waals surface area contributed by atoms with Gasteiger partial charge in [0.1, 0.15) is 0 Å². The van der Waals surface area contributed by atoms with Crippen LogP contribution < -0.4 is 0 Å². The van der Waals surface area contributed by atoms with Crippen LogP contribution in [0.25, 0.3) is 0 Å². The van der Waals surface area contributed by atoms with Gasteiger partial charge in [0.25, 0.3) is 0 Å². The van der Waals surface area contributed by atoms with Gasteiger partial charge in [-0.2, -0.15) is 0 Å². The van der Waals surface area contributed by atoms with E-state index < -0.39 is 0 Å². The molecule has 0 bridgehead atoms. The van der Waals surface area contributed by atoms with Crippen LogP contribution in [0, 0.1) is 22.7 Å².